The Labute approximate surface area is 108 Å². The van der Waals surface area contributed by atoms with Crippen molar-refractivity contribution in [1.82, 2.24) is 0 Å². The number of nitrogens with two attached hydrogens (primary N) is 1. The van der Waals surface area contributed by atoms with E-state index in [1.165, 1.54) is 44.1 Å². The molecule has 1 rings (SSSR count). The van der Waals surface area contributed by atoms with Gasteiger partial charge in [0.25, 0.3) is 0 Å². The van der Waals surface area contributed by atoms with Gasteiger partial charge in [0.05, 0.1) is 0 Å². The van der Waals surface area contributed by atoms with E-state index in [1.54, 1.807) is 0 Å². The highest BCUT2D eigenvalue weighted by molar-refractivity contribution is 5.11. The monoisotopic (exact) mass is 237 g/mol. The van der Waals surface area contributed by atoms with E-state index >= 15 is 0 Å². The number of hydrogen-bond acceptors (Lipinski definition) is 1. The first-order valence-electron chi connectivity index (χ1n) is 7.36. The molecule has 17 heavy (non-hydrogen) atoms. The van der Waals surface area contributed by atoms with E-state index in [4.69, 9.17) is 5.73 Å². The lowest BCUT2D eigenvalue weighted by Gasteiger charge is -2.30. The first-order chi connectivity index (χ1) is 7.91. The van der Waals surface area contributed by atoms with Crippen LogP contribution in [0.2, 0.25) is 0 Å². The van der Waals surface area contributed by atoms with Crippen molar-refractivity contribution >= 4 is 0 Å². The Balaban J connectivity index is 2.53. The van der Waals surface area contributed by atoms with Crippen LogP contribution in [0.15, 0.2) is 11.6 Å². The van der Waals surface area contributed by atoms with Crippen LogP contribution in [0.5, 0.6) is 0 Å². The fraction of sp³-hybridized carbons (Fsp3) is 0.875. The Bertz CT molecular complexity index is 247. The van der Waals surface area contributed by atoms with Crippen LogP contribution in [0.1, 0.15) is 72.6 Å². The van der Waals surface area contributed by atoms with Gasteiger partial charge in [-0.1, -0.05) is 52.2 Å². The van der Waals surface area contributed by atoms with Gasteiger partial charge in [0.15, 0.2) is 0 Å². The third kappa shape index (κ3) is 5.25. The first kappa shape index (κ1) is 14.8. The van der Waals surface area contributed by atoms with Gasteiger partial charge in [-0.05, 0) is 43.4 Å². The second-order valence-corrected chi connectivity index (χ2v) is 6.84. The summed E-state index contributed by atoms with van der Waals surface area (Å²) in [5.41, 5.74) is 8.30. The third-order valence-electron chi connectivity index (χ3n) is 4.39. The van der Waals surface area contributed by atoms with Gasteiger partial charge < -0.3 is 5.73 Å². The van der Waals surface area contributed by atoms with Crippen molar-refractivity contribution in [3.05, 3.63) is 11.6 Å². The molecule has 0 aliphatic heterocycles. The molecule has 0 heterocycles. The SMILES string of the molecule is CC(CC(N)C1=CCCCCCC1)C(C)(C)C. The molecule has 0 saturated heterocycles. The second kappa shape index (κ2) is 6.58. The molecule has 1 aliphatic rings. The van der Waals surface area contributed by atoms with E-state index in [9.17, 15) is 0 Å². The summed E-state index contributed by atoms with van der Waals surface area (Å²) in [6.45, 7) is 9.29. The fourth-order valence-electron chi connectivity index (χ4n) is 2.44. The van der Waals surface area contributed by atoms with E-state index in [1.807, 2.05) is 0 Å². The summed E-state index contributed by atoms with van der Waals surface area (Å²) in [4.78, 5) is 0. The lowest BCUT2D eigenvalue weighted by Crippen LogP contribution is -2.30. The van der Waals surface area contributed by atoms with Crippen molar-refractivity contribution in [3.63, 3.8) is 0 Å². The lowest BCUT2D eigenvalue weighted by molar-refractivity contribution is 0.238. The van der Waals surface area contributed by atoms with E-state index in [0.717, 1.165) is 6.42 Å². The molecule has 1 nitrogen and oxygen atoms in total. The largest absolute Gasteiger partial charge is 0.324 e. The summed E-state index contributed by atoms with van der Waals surface area (Å²) in [5, 5.41) is 0. The molecule has 0 amide bonds. The summed E-state index contributed by atoms with van der Waals surface area (Å²) in [6.07, 6.45) is 11.5. The molecule has 0 aromatic heterocycles. The Morgan fingerprint density at radius 1 is 1.18 bits per heavy atom. The summed E-state index contributed by atoms with van der Waals surface area (Å²) < 4.78 is 0. The zero-order chi connectivity index (χ0) is 12.9. The number of rotatable bonds is 3. The molecule has 0 saturated carbocycles. The highest BCUT2D eigenvalue weighted by Crippen LogP contribution is 2.31. The third-order valence-corrected chi connectivity index (χ3v) is 4.39. The number of hydrogen-bond donors (Lipinski definition) is 1. The maximum atomic E-state index is 6.40. The molecule has 2 N–H and O–H groups in total. The minimum Gasteiger partial charge on any atom is -0.324 e. The van der Waals surface area contributed by atoms with Crippen molar-refractivity contribution in [3.8, 4) is 0 Å². The van der Waals surface area contributed by atoms with Gasteiger partial charge in [-0.15, -0.1) is 0 Å². The zero-order valence-electron chi connectivity index (χ0n) is 12.3. The minimum atomic E-state index is 0.294. The van der Waals surface area contributed by atoms with Crippen LogP contribution in [-0.4, -0.2) is 6.04 Å². The van der Waals surface area contributed by atoms with Gasteiger partial charge in [-0.25, -0.2) is 0 Å². The van der Waals surface area contributed by atoms with Crippen molar-refractivity contribution in [2.75, 3.05) is 0 Å². The zero-order valence-corrected chi connectivity index (χ0v) is 12.3. The van der Waals surface area contributed by atoms with Gasteiger partial charge in [0.1, 0.15) is 0 Å². The van der Waals surface area contributed by atoms with Crippen LogP contribution < -0.4 is 5.73 Å². The van der Waals surface area contributed by atoms with Gasteiger partial charge >= 0.3 is 0 Å². The van der Waals surface area contributed by atoms with Crippen LogP contribution in [0.4, 0.5) is 0 Å². The molecule has 0 spiro atoms. The lowest BCUT2D eigenvalue weighted by atomic mass is 9.77. The van der Waals surface area contributed by atoms with E-state index in [-0.39, 0.29) is 0 Å². The molecular formula is C16H31N. The first-order valence-corrected chi connectivity index (χ1v) is 7.36. The normalized spacial score (nSPS) is 22.3. The summed E-state index contributed by atoms with van der Waals surface area (Å²) >= 11 is 0. The molecule has 1 aliphatic carbocycles. The molecule has 2 unspecified atom stereocenters. The fourth-order valence-corrected chi connectivity index (χ4v) is 2.44. The van der Waals surface area contributed by atoms with Crippen LogP contribution in [-0.2, 0) is 0 Å². The Kier molecular flexibility index (Phi) is 5.72. The molecule has 0 aromatic carbocycles. The van der Waals surface area contributed by atoms with Gasteiger partial charge in [0, 0.05) is 6.04 Å². The van der Waals surface area contributed by atoms with Crippen molar-refractivity contribution in [2.24, 2.45) is 17.1 Å². The summed E-state index contributed by atoms with van der Waals surface area (Å²) in [7, 11) is 0. The molecule has 0 bridgehead atoms. The van der Waals surface area contributed by atoms with Gasteiger partial charge in [0.2, 0.25) is 0 Å². The Morgan fingerprint density at radius 2 is 1.82 bits per heavy atom. The molecule has 0 radical (unpaired) electrons. The predicted molar refractivity (Wildman–Crippen MR) is 77.0 cm³/mol. The van der Waals surface area contributed by atoms with E-state index in [0.29, 0.717) is 17.4 Å². The van der Waals surface area contributed by atoms with Crippen LogP contribution in [0, 0.1) is 11.3 Å². The van der Waals surface area contributed by atoms with Crippen molar-refractivity contribution in [2.45, 2.75) is 78.7 Å². The highest BCUT2D eigenvalue weighted by Gasteiger charge is 2.23. The molecular weight excluding hydrogens is 206 g/mol. The molecule has 0 aromatic rings. The van der Waals surface area contributed by atoms with Crippen molar-refractivity contribution < 1.29 is 0 Å². The van der Waals surface area contributed by atoms with Crippen molar-refractivity contribution in [1.29, 1.82) is 0 Å². The Morgan fingerprint density at radius 3 is 2.47 bits per heavy atom. The maximum absolute atomic E-state index is 6.40. The van der Waals surface area contributed by atoms with Gasteiger partial charge in [-0.2, -0.15) is 0 Å². The Hall–Kier alpha value is -0.300. The minimum absolute atomic E-state index is 0.294. The summed E-state index contributed by atoms with van der Waals surface area (Å²) in [6, 6.07) is 0.294. The van der Waals surface area contributed by atoms with Crippen LogP contribution in [0.25, 0.3) is 0 Å². The number of allylic oxidation sites excluding steroid dienone is 1. The second-order valence-electron chi connectivity index (χ2n) is 6.84. The average molecular weight is 237 g/mol. The topological polar surface area (TPSA) is 26.0 Å². The van der Waals surface area contributed by atoms with E-state index < -0.39 is 0 Å². The highest BCUT2D eigenvalue weighted by atomic mass is 14.6. The average Bonchev–Trinajstić information content (AvgIpc) is 2.14. The maximum Gasteiger partial charge on any atom is 0.0256 e. The summed E-state index contributed by atoms with van der Waals surface area (Å²) in [5.74, 6) is 0.684. The molecule has 100 valence electrons. The van der Waals surface area contributed by atoms with Crippen LogP contribution >= 0.6 is 0 Å². The van der Waals surface area contributed by atoms with Crippen LogP contribution in [0.3, 0.4) is 0 Å². The molecule has 1 heteroatoms. The smallest absolute Gasteiger partial charge is 0.0256 e. The molecule has 2 atom stereocenters. The quantitative estimate of drug-likeness (QED) is 0.709. The predicted octanol–water partition coefficient (Wildman–Crippen LogP) is 4.67. The standard InChI is InChI=1S/C16H31N/c1-13(16(2,3)4)12-15(17)14-10-8-6-5-7-9-11-14/h10,13,15H,5-9,11-12,17H2,1-4H3. The van der Waals surface area contributed by atoms with Gasteiger partial charge in [-0.3, -0.25) is 0 Å². The van der Waals surface area contributed by atoms with E-state index in [2.05, 4.69) is 33.8 Å². The molecule has 0 fully saturated rings.